The molecule has 0 aliphatic rings. The second-order valence-corrected chi connectivity index (χ2v) is 4.67. The van der Waals surface area contributed by atoms with Crippen LogP contribution < -0.4 is 5.43 Å². The average molecular weight is 286 g/mol. The SMILES string of the molecule is CC(=NNc1cncc(Cl)n1)c1c[nH]c2ccccc12. The summed E-state index contributed by atoms with van der Waals surface area (Å²) in [7, 11) is 0. The van der Waals surface area contributed by atoms with Gasteiger partial charge in [0.25, 0.3) is 0 Å². The molecule has 0 unspecified atom stereocenters. The third-order valence-corrected chi connectivity index (χ3v) is 3.10. The van der Waals surface area contributed by atoms with E-state index in [4.69, 9.17) is 11.6 Å². The van der Waals surface area contributed by atoms with Crippen molar-refractivity contribution in [1.82, 2.24) is 15.0 Å². The highest BCUT2D eigenvalue weighted by Crippen LogP contribution is 2.18. The number of benzene rings is 1. The van der Waals surface area contributed by atoms with Gasteiger partial charge >= 0.3 is 0 Å². The Bertz CT molecular complexity index is 778. The normalized spacial score (nSPS) is 11.8. The Morgan fingerprint density at radius 1 is 1.30 bits per heavy atom. The zero-order valence-corrected chi connectivity index (χ0v) is 11.5. The highest BCUT2D eigenvalue weighted by Gasteiger charge is 2.05. The molecule has 0 amide bonds. The van der Waals surface area contributed by atoms with Gasteiger partial charge in [0.2, 0.25) is 0 Å². The number of fused-ring (bicyclic) bond motifs is 1. The molecule has 2 heterocycles. The fourth-order valence-electron chi connectivity index (χ4n) is 1.97. The first kappa shape index (κ1) is 12.6. The molecule has 5 nitrogen and oxygen atoms in total. The Labute approximate surface area is 120 Å². The maximum Gasteiger partial charge on any atom is 0.166 e. The summed E-state index contributed by atoms with van der Waals surface area (Å²) in [5, 5.41) is 5.77. The molecule has 6 heteroatoms. The summed E-state index contributed by atoms with van der Waals surface area (Å²) in [6, 6.07) is 8.08. The van der Waals surface area contributed by atoms with Crippen LogP contribution in [0.5, 0.6) is 0 Å². The summed E-state index contributed by atoms with van der Waals surface area (Å²) in [6.45, 7) is 1.93. The molecule has 0 saturated carbocycles. The molecule has 0 saturated heterocycles. The summed E-state index contributed by atoms with van der Waals surface area (Å²) < 4.78 is 0. The molecule has 3 rings (SSSR count). The minimum Gasteiger partial charge on any atom is -0.360 e. The summed E-state index contributed by atoms with van der Waals surface area (Å²) in [5.41, 5.74) is 5.83. The monoisotopic (exact) mass is 285 g/mol. The lowest BCUT2D eigenvalue weighted by molar-refractivity contribution is 1.15. The zero-order valence-electron chi connectivity index (χ0n) is 10.8. The first-order valence-corrected chi connectivity index (χ1v) is 6.46. The summed E-state index contributed by atoms with van der Waals surface area (Å²) in [5.74, 6) is 0.511. The van der Waals surface area contributed by atoms with E-state index in [2.05, 4.69) is 31.5 Å². The molecular formula is C14H12ClN5. The molecule has 0 radical (unpaired) electrons. The smallest absolute Gasteiger partial charge is 0.166 e. The number of anilines is 1. The van der Waals surface area contributed by atoms with Crippen LogP contribution >= 0.6 is 11.6 Å². The Morgan fingerprint density at radius 2 is 2.15 bits per heavy atom. The van der Waals surface area contributed by atoms with Crippen molar-refractivity contribution >= 4 is 34.0 Å². The summed E-state index contributed by atoms with van der Waals surface area (Å²) in [6.07, 6.45) is 4.98. The van der Waals surface area contributed by atoms with E-state index in [0.29, 0.717) is 11.0 Å². The van der Waals surface area contributed by atoms with Crippen LogP contribution in [0.4, 0.5) is 5.82 Å². The third-order valence-electron chi connectivity index (χ3n) is 2.92. The number of aromatic amines is 1. The average Bonchev–Trinajstić information content (AvgIpc) is 2.89. The van der Waals surface area contributed by atoms with Crippen LogP contribution in [0.25, 0.3) is 10.9 Å². The van der Waals surface area contributed by atoms with Crippen LogP contribution in [0.2, 0.25) is 5.15 Å². The van der Waals surface area contributed by atoms with Crippen LogP contribution in [-0.4, -0.2) is 20.7 Å². The maximum atomic E-state index is 5.77. The Hall–Kier alpha value is -2.40. The van der Waals surface area contributed by atoms with E-state index in [1.165, 1.54) is 6.20 Å². The standard InChI is InChI=1S/C14H12ClN5/c1-9(19-20-14-8-16-7-13(15)18-14)11-6-17-12-5-3-2-4-10(11)12/h2-8,17H,1H3,(H,18,20). The largest absolute Gasteiger partial charge is 0.360 e. The molecule has 20 heavy (non-hydrogen) atoms. The van der Waals surface area contributed by atoms with Crippen molar-refractivity contribution < 1.29 is 0 Å². The Balaban J connectivity index is 1.88. The highest BCUT2D eigenvalue weighted by molar-refractivity contribution is 6.29. The number of hydrogen-bond donors (Lipinski definition) is 2. The second-order valence-electron chi connectivity index (χ2n) is 4.28. The quantitative estimate of drug-likeness (QED) is 0.572. The number of rotatable bonds is 3. The van der Waals surface area contributed by atoms with Crippen LogP contribution in [0, 0.1) is 0 Å². The van der Waals surface area contributed by atoms with Gasteiger partial charge in [-0.1, -0.05) is 29.8 Å². The molecule has 100 valence electrons. The zero-order chi connectivity index (χ0) is 13.9. The fourth-order valence-corrected chi connectivity index (χ4v) is 2.12. The molecule has 0 spiro atoms. The van der Waals surface area contributed by atoms with Crippen molar-refractivity contribution in [1.29, 1.82) is 0 Å². The van der Waals surface area contributed by atoms with Gasteiger partial charge in [-0.15, -0.1) is 0 Å². The second kappa shape index (κ2) is 5.30. The number of hydrazone groups is 1. The van der Waals surface area contributed by atoms with Crippen LogP contribution in [0.3, 0.4) is 0 Å². The number of aromatic nitrogens is 3. The third kappa shape index (κ3) is 2.48. The maximum absolute atomic E-state index is 5.77. The molecule has 0 atom stereocenters. The lowest BCUT2D eigenvalue weighted by Gasteiger charge is -2.02. The van der Waals surface area contributed by atoms with Gasteiger partial charge in [0.15, 0.2) is 5.82 Å². The van der Waals surface area contributed by atoms with E-state index in [9.17, 15) is 0 Å². The molecule has 3 aromatic rings. The van der Waals surface area contributed by atoms with Gasteiger partial charge in [0, 0.05) is 22.7 Å². The molecule has 2 N–H and O–H groups in total. The molecule has 0 bridgehead atoms. The highest BCUT2D eigenvalue weighted by atomic mass is 35.5. The van der Waals surface area contributed by atoms with E-state index in [1.807, 2.05) is 31.3 Å². The van der Waals surface area contributed by atoms with Gasteiger partial charge in [-0.25, -0.2) is 4.98 Å². The van der Waals surface area contributed by atoms with Crippen molar-refractivity contribution in [2.75, 3.05) is 5.43 Å². The van der Waals surface area contributed by atoms with E-state index in [1.54, 1.807) is 6.20 Å². The van der Waals surface area contributed by atoms with Gasteiger partial charge in [-0.05, 0) is 13.0 Å². The number of halogens is 1. The van der Waals surface area contributed by atoms with Crippen LogP contribution in [0.15, 0.2) is 48.0 Å². The molecule has 0 aliphatic carbocycles. The number of H-pyrrole nitrogens is 1. The van der Waals surface area contributed by atoms with Crippen molar-refractivity contribution in [2.24, 2.45) is 5.10 Å². The molecular weight excluding hydrogens is 274 g/mol. The van der Waals surface area contributed by atoms with Crippen LogP contribution in [0.1, 0.15) is 12.5 Å². The van der Waals surface area contributed by atoms with Crippen molar-refractivity contribution in [2.45, 2.75) is 6.92 Å². The summed E-state index contributed by atoms with van der Waals surface area (Å²) in [4.78, 5) is 11.2. The first-order valence-electron chi connectivity index (χ1n) is 6.08. The lowest BCUT2D eigenvalue weighted by atomic mass is 10.1. The van der Waals surface area contributed by atoms with Crippen molar-refractivity contribution in [3.63, 3.8) is 0 Å². The predicted molar refractivity (Wildman–Crippen MR) is 81.2 cm³/mol. The molecule has 0 fully saturated rings. The first-order chi connectivity index (χ1) is 9.74. The Morgan fingerprint density at radius 3 is 3.00 bits per heavy atom. The van der Waals surface area contributed by atoms with E-state index in [-0.39, 0.29) is 0 Å². The van der Waals surface area contributed by atoms with Crippen LogP contribution in [-0.2, 0) is 0 Å². The number of para-hydroxylation sites is 1. The van der Waals surface area contributed by atoms with Gasteiger partial charge < -0.3 is 4.98 Å². The van der Waals surface area contributed by atoms with Gasteiger partial charge in [-0.3, -0.25) is 10.4 Å². The molecule has 2 aromatic heterocycles. The minimum atomic E-state index is 0.329. The van der Waals surface area contributed by atoms with E-state index in [0.717, 1.165) is 22.2 Å². The predicted octanol–water partition coefficient (Wildman–Crippen LogP) is 3.45. The van der Waals surface area contributed by atoms with E-state index < -0.39 is 0 Å². The fraction of sp³-hybridized carbons (Fsp3) is 0.0714. The molecule has 1 aromatic carbocycles. The summed E-state index contributed by atoms with van der Waals surface area (Å²) >= 11 is 5.77. The van der Waals surface area contributed by atoms with Crippen molar-refractivity contribution in [3.05, 3.63) is 53.6 Å². The minimum absolute atomic E-state index is 0.329. The topological polar surface area (TPSA) is 66.0 Å². The van der Waals surface area contributed by atoms with Gasteiger partial charge in [0.1, 0.15) is 5.15 Å². The van der Waals surface area contributed by atoms with Gasteiger partial charge in [0.05, 0.1) is 18.1 Å². The number of nitrogens with zero attached hydrogens (tertiary/aromatic N) is 3. The lowest BCUT2D eigenvalue weighted by Crippen LogP contribution is -2.00. The molecule has 0 aliphatic heterocycles. The number of hydrogen-bond acceptors (Lipinski definition) is 4. The van der Waals surface area contributed by atoms with Gasteiger partial charge in [-0.2, -0.15) is 5.10 Å². The Kier molecular flexibility index (Phi) is 3.35. The van der Waals surface area contributed by atoms with Crippen molar-refractivity contribution in [3.8, 4) is 0 Å². The number of nitrogens with one attached hydrogen (secondary N) is 2. The van der Waals surface area contributed by atoms with E-state index >= 15 is 0 Å².